The number of carbonyl (C=O) groups is 1. The van der Waals surface area contributed by atoms with E-state index >= 15 is 0 Å². The Balaban J connectivity index is 2.00. The first kappa shape index (κ1) is 15.3. The van der Waals surface area contributed by atoms with Crippen LogP contribution in [0.25, 0.3) is 0 Å². The van der Waals surface area contributed by atoms with E-state index in [4.69, 9.17) is 11.6 Å². The van der Waals surface area contributed by atoms with Gasteiger partial charge in [-0.2, -0.15) is 0 Å². The van der Waals surface area contributed by atoms with Gasteiger partial charge in [0.15, 0.2) is 0 Å². The lowest BCUT2D eigenvalue weighted by Crippen LogP contribution is -2.31. The van der Waals surface area contributed by atoms with Gasteiger partial charge in [0, 0.05) is 16.4 Å². The van der Waals surface area contributed by atoms with Crippen molar-refractivity contribution in [3.05, 3.63) is 58.9 Å². The number of carbonyl (C=O) groups excluding carboxylic acids is 1. The standard InChI is InChI=1S/C16H16ClFN2O/c1-10-6-7-14(9-15(10)18)19-11(2)16(21)20-13-5-3-4-12(17)8-13/h3-9,11,19H,1-2H3,(H,20,21)/t11-/m1/s1. The third-order valence-electron chi connectivity index (χ3n) is 3.04. The molecule has 5 heteroatoms. The molecule has 0 radical (unpaired) electrons. The summed E-state index contributed by atoms with van der Waals surface area (Å²) in [6.07, 6.45) is 0. The molecule has 0 aliphatic heterocycles. The Bertz CT molecular complexity index is 660. The lowest BCUT2D eigenvalue weighted by atomic mass is 10.2. The van der Waals surface area contributed by atoms with E-state index in [2.05, 4.69) is 10.6 Å². The van der Waals surface area contributed by atoms with Gasteiger partial charge in [-0.3, -0.25) is 4.79 Å². The zero-order valence-electron chi connectivity index (χ0n) is 11.8. The van der Waals surface area contributed by atoms with Crippen molar-refractivity contribution in [3.63, 3.8) is 0 Å². The van der Waals surface area contributed by atoms with Crippen LogP contribution in [0.5, 0.6) is 0 Å². The molecule has 0 unspecified atom stereocenters. The first-order valence-corrected chi connectivity index (χ1v) is 6.92. The first-order valence-electron chi connectivity index (χ1n) is 6.55. The average Bonchev–Trinajstić information content (AvgIpc) is 2.43. The Morgan fingerprint density at radius 1 is 1.19 bits per heavy atom. The van der Waals surface area contributed by atoms with E-state index in [-0.39, 0.29) is 11.7 Å². The minimum atomic E-state index is -0.508. The van der Waals surface area contributed by atoms with Gasteiger partial charge in [-0.1, -0.05) is 23.7 Å². The molecule has 0 saturated heterocycles. The number of halogens is 2. The van der Waals surface area contributed by atoms with E-state index < -0.39 is 6.04 Å². The van der Waals surface area contributed by atoms with Crippen molar-refractivity contribution in [2.45, 2.75) is 19.9 Å². The quantitative estimate of drug-likeness (QED) is 0.887. The zero-order valence-corrected chi connectivity index (χ0v) is 12.5. The fraction of sp³-hybridized carbons (Fsp3) is 0.188. The van der Waals surface area contributed by atoms with E-state index in [0.717, 1.165) is 0 Å². The molecule has 2 N–H and O–H groups in total. The molecule has 110 valence electrons. The van der Waals surface area contributed by atoms with Crippen molar-refractivity contribution in [2.24, 2.45) is 0 Å². The summed E-state index contributed by atoms with van der Waals surface area (Å²) in [4.78, 5) is 12.1. The maximum absolute atomic E-state index is 13.5. The lowest BCUT2D eigenvalue weighted by molar-refractivity contribution is -0.116. The van der Waals surface area contributed by atoms with Crippen molar-refractivity contribution in [2.75, 3.05) is 10.6 Å². The molecular formula is C16H16ClFN2O. The van der Waals surface area contributed by atoms with E-state index in [0.29, 0.717) is 22.0 Å². The summed E-state index contributed by atoms with van der Waals surface area (Å²) in [5.41, 5.74) is 1.75. The van der Waals surface area contributed by atoms with Gasteiger partial charge >= 0.3 is 0 Å². The van der Waals surface area contributed by atoms with Gasteiger partial charge in [0.2, 0.25) is 5.91 Å². The third-order valence-corrected chi connectivity index (χ3v) is 3.28. The molecule has 0 spiro atoms. The molecule has 3 nitrogen and oxygen atoms in total. The molecule has 0 aliphatic rings. The maximum Gasteiger partial charge on any atom is 0.246 e. The van der Waals surface area contributed by atoms with Crippen LogP contribution >= 0.6 is 11.6 Å². The fourth-order valence-corrected chi connectivity index (χ4v) is 2.01. The molecule has 1 amide bonds. The van der Waals surface area contributed by atoms with Crippen LogP contribution < -0.4 is 10.6 Å². The fourth-order valence-electron chi connectivity index (χ4n) is 1.81. The highest BCUT2D eigenvalue weighted by atomic mass is 35.5. The SMILES string of the molecule is Cc1ccc(N[C@H](C)C(=O)Nc2cccc(Cl)c2)cc1F. The molecule has 0 heterocycles. The molecule has 0 aromatic heterocycles. The van der Waals surface area contributed by atoms with Crippen molar-refractivity contribution >= 4 is 28.9 Å². The summed E-state index contributed by atoms with van der Waals surface area (Å²) in [7, 11) is 0. The van der Waals surface area contributed by atoms with Crippen LogP contribution in [0.2, 0.25) is 5.02 Å². The topological polar surface area (TPSA) is 41.1 Å². The van der Waals surface area contributed by atoms with Gasteiger partial charge in [-0.25, -0.2) is 4.39 Å². The molecule has 2 aromatic carbocycles. The van der Waals surface area contributed by atoms with Gasteiger partial charge < -0.3 is 10.6 Å². The Labute approximate surface area is 128 Å². The number of anilines is 2. The zero-order chi connectivity index (χ0) is 15.4. The van der Waals surface area contributed by atoms with Crippen LogP contribution in [-0.2, 0) is 4.79 Å². The third kappa shape index (κ3) is 4.20. The summed E-state index contributed by atoms with van der Waals surface area (Å²) in [6, 6.07) is 11.2. The highest BCUT2D eigenvalue weighted by Gasteiger charge is 2.13. The van der Waals surface area contributed by atoms with Gasteiger partial charge in [-0.15, -0.1) is 0 Å². The summed E-state index contributed by atoms with van der Waals surface area (Å²) in [5, 5.41) is 6.26. The van der Waals surface area contributed by atoms with Gasteiger partial charge in [0.1, 0.15) is 11.9 Å². The monoisotopic (exact) mass is 306 g/mol. The van der Waals surface area contributed by atoms with Crippen LogP contribution in [-0.4, -0.2) is 11.9 Å². The van der Waals surface area contributed by atoms with Gasteiger partial charge in [0.25, 0.3) is 0 Å². The largest absolute Gasteiger partial charge is 0.374 e. The van der Waals surface area contributed by atoms with Crippen molar-refractivity contribution < 1.29 is 9.18 Å². The van der Waals surface area contributed by atoms with Gasteiger partial charge in [-0.05, 0) is 49.7 Å². The van der Waals surface area contributed by atoms with Crippen LogP contribution in [0.3, 0.4) is 0 Å². The smallest absolute Gasteiger partial charge is 0.246 e. The number of rotatable bonds is 4. The molecule has 0 fully saturated rings. The number of amides is 1. The van der Waals surface area contributed by atoms with Crippen molar-refractivity contribution in [1.82, 2.24) is 0 Å². The summed E-state index contributed by atoms with van der Waals surface area (Å²) < 4.78 is 13.5. The molecule has 2 aromatic rings. The molecule has 0 aliphatic carbocycles. The van der Waals surface area contributed by atoms with Crippen molar-refractivity contribution in [3.8, 4) is 0 Å². The van der Waals surface area contributed by atoms with Gasteiger partial charge in [0.05, 0.1) is 0 Å². The predicted molar refractivity (Wildman–Crippen MR) is 84.3 cm³/mol. The Morgan fingerprint density at radius 2 is 1.95 bits per heavy atom. The molecule has 21 heavy (non-hydrogen) atoms. The molecule has 1 atom stereocenters. The van der Waals surface area contributed by atoms with Crippen LogP contribution in [0.15, 0.2) is 42.5 Å². The number of hydrogen-bond acceptors (Lipinski definition) is 2. The molecule has 2 rings (SSSR count). The summed E-state index contributed by atoms with van der Waals surface area (Å²) in [6.45, 7) is 3.39. The van der Waals surface area contributed by atoms with Crippen LogP contribution in [0.4, 0.5) is 15.8 Å². The highest BCUT2D eigenvalue weighted by Crippen LogP contribution is 2.17. The Hall–Kier alpha value is -2.07. The summed E-state index contributed by atoms with van der Waals surface area (Å²) in [5.74, 6) is -0.527. The van der Waals surface area contributed by atoms with Crippen molar-refractivity contribution in [1.29, 1.82) is 0 Å². The second-order valence-corrected chi connectivity index (χ2v) is 5.27. The molecule has 0 saturated carbocycles. The van der Waals surface area contributed by atoms with E-state index in [1.54, 1.807) is 50.2 Å². The minimum Gasteiger partial charge on any atom is -0.374 e. The second-order valence-electron chi connectivity index (χ2n) is 4.83. The lowest BCUT2D eigenvalue weighted by Gasteiger charge is -2.15. The average molecular weight is 307 g/mol. The van der Waals surface area contributed by atoms with Crippen LogP contribution in [0, 0.1) is 12.7 Å². The normalized spacial score (nSPS) is 11.8. The summed E-state index contributed by atoms with van der Waals surface area (Å²) >= 11 is 5.86. The maximum atomic E-state index is 13.5. The van der Waals surface area contributed by atoms with Crippen LogP contribution in [0.1, 0.15) is 12.5 Å². The van der Waals surface area contributed by atoms with E-state index in [1.165, 1.54) is 6.07 Å². The molecule has 0 bridgehead atoms. The van der Waals surface area contributed by atoms with E-state index in [9.17, 15) is 9.18 Å². The minimum absolute atomic E-state index is 0.224. The molecular weight excluding hydrogens is 291 g/mol. The number of benzene rings is 2. The Morgan fingerprint density at radius 3 is 2.62 bits per heavy atom. The highest BCUT2D eigenvalue weighted by molar-refractivity contribution is 6.30. The van der Waals surface area contributed by atoms with E-state index in [1.807, 2.05) is 0 Å². The number of hydrogen-bond donors (Lipinski definition) is 2. The number of aryl methyl sites for hydroxylation is 1. The Kier molecular flexibility index (Phi) is 4.81. The first-order chi connectivity index (χ1) is 9.95. The predicted octanol–water partition coefficient (Wildman–Crippen LogP) is 4.23. The second kappa shape index (κ2) is 6.59. The number of nitrogens with one attached hydrogen (secondary N) is 2.